The Hall–Kier alpha value is -0.300. The lowest BCUT2D eigenvalue weighted by Gasteiger charge is -2.15. The van der Waals surface area contributed by atoms with E-state index in [1.807, 2.05) is 6.92 Å². The van der Waals surface area contributed by atoms with Gasteiger partial charge in [-0.3, -0.25) is 0 Å². The summed E-state index contributed by atoms with van der Waals surface area (Å²) in [6.07, 6.45) is 2.07. The van der Waals surface area contributed by atoms with Crippen LogP contribution in [0.1, 0.15) is 28.1 Å². The molecule has 0 aromatic carbocycles. The molecule has 0 aromatic heterocycles. The Labute approximate surface area is 64.5 Å². The van der Waals surface area contributed by atoms with Crippen LogP contribution < -0.4 is 0 Å². The third-order valence-electron chi connectivity index (χ3n) is 2.11. The van der Waals surface area contributed by atoms with E-state index in [2.05, 4.69) is 13.5 Å². The first kappa shape index (κ1) is 6.41. The molecule has 10 heavy (non-hydrogen) atoms. The minimum absolute atomic E-state index is 0.245. The lowest BCUT2D eigenvalue weighted by atomic mass is 9.93. The first-order chi connectivity index (χ1) is 5.15. The third kappa shape index (κ3) is 1.40. The molecule has 0 N–H and O–H groups in total. The first-order valence-corrected chi connectivity index (χ1v) is 3.88. The Bertz CT molecular complexity index is 156. The number of ether oxygens (including phenoxy) is 1. The molecule has 1 saturated heterocycles. The maximum absolute atomic E-state index is 7.43. The molecule has 0 saturated carbocycles. The van der Waals surface area contributed by atoms with Gasteiger partial charge in [0.15, 0.2) is 0 Å². The Morgan fingerprint density at radius 2 is 2.60 bits per heavy atom. The Balaban J connectivity index is 2.57. The van der Waals surface area contributed by atoms with E-state index >= 15 is 0 Å². The molecule has 1 aliphatic heterocycles. The summed E-state index contributed by atoms with van der Waals surface area (Å²) < 4.78 is 12.8. The molecule has 3 atom stereocenters. The summed E-state index contributed by atoms with van der Waals surface area (Å²) >= 11 is 0. The fraction of sp³-hybridized carbons (Fsp3) is 0.778. The second kappa shape index (κ2) is 3.20. The first-order valence-electron chi connectivity index (χ1n) is 4.46. The van der Waals surface area contributed by atoms with Crippen LogP contribution in [-0.2, 0) is 4.74 Å². The highest BCUT2D eigenvalue weighted by molar-refractivity contribution is 5.01. The molecule has 0 aliphatic carbocycles. The summed E-state index contributed by atoms with van der Waals surface area (Å²) in [5, 5.41) is 0. The SMILES string of the molecule is [3H]C1CC(C(=C)C)[C@@H](CC)O1. The molecule has 0 aromatic rings. The lowest BCUT2D eigenvalue weighted by Crippen LogP contribution is -2.14. The van der Waals surface area contributed by atoms with Crippen LogP contribution in [0.2, 0.25) is 0 Å². The van der Waals surface area contributed by atoms with Gasteiger partial charge in [0.1, 0.15) is 0 Å². The van der Waals surface area contributed by atoms with Crippen molar-refractivity contribution in [2.45, 2.75) is 32.8 Å². The Morgan fingerprint density at radius 3 is 3.00 bits per heavy atom. The molecule has 1 heterocycles. The van der Waals surface area contributed by atoms with E-state index in [-0.39, 0.29) is 12.7 Å². The molecule has 1 fully saturated rings. The summed E-state index contributed by atoms with van der Waals surface area (Å²) in [4.78, 5) is 0. The van der Waals surface area contributed by atoms with Gasteiger partial charge < -0.3 is 4.74 Å². The van der Waals surface area contributed by atoms with Crippen LogP contribution in [0.5, 0.6) is 0 Å². The lowest BCUT2D eigenvalue weighted by molar-refractivity contribution is 0.0942. The normalized spacial score (nSPS) is 41.4. The summed E-state index contributed by atoms with van der Waals surface area (Å²) in [5.74, 6) is 0.419. The fourth-order valence-electron chi connectivity index (χ4n) is 1.43. The van der Waals surface area contributed by atoms with Crippen molar-refractivity contribution in [3.63, 3.8) is 0 Å². The van der Waals surface area contributed by atoms with Crippen molar-refractivity contribution in [2.75, 3.05) is 6.58 Å². The van der Waals surface area contributed by atoms with Gasteiger partial charge in [0.2, 0.25) is 0 Å². The molecule has 1 aliphatic rings. The average Bonchev–Trinajstić information content (AvgIpc) is 2.30. The van der Waals surface area contributed by atoms with Gasteiger partial charge in [-0.25, -0.2) is 0 Å². The highest BCUT2D eigenvalue weighted by Crippen LogP contribution is 2.28. The van der Waals surface area contributed by atoms with E-state index in [9.17, 15) is 0 Å². The second-order valence-corrected chi connectivity index (χ2v) is 2.94. The molecular weight excluding hydrogens is 124 g/mol. The number of hydrogen-bond acceptors (Lipinski definition) is 1. The van der Waals surface area contributed by atoms with Crippen LogP contribution in [0, 0.1) is 5.92 Å². The maximum atomic E-state index is 7.43. The van der Waals surface area contributed by atoms with Crippen molar-refractivity contribution >= 4 is 0 Å². The van der Waals surface area contributed by atoms with Crippen LogP contribution in [0.15, 0.2) is 12.2 Å². The smallest absolute Gasteiger partial charge is 0.0638 e. The average molecular weight is 142 g/mol. The van der Waals surface area contributed by atoms with Crippen LogP contribution in [0.3, 0.4) is 0 Å². The van der Waals surface area contributed by atoms with Crippen LogP contribution in [0.25, 0.3) is 0 Å². The zero-order valence-corrected chi connectivity index (χ0v) is 6.76. The van der Waals surface area contributed by atoms with Gasteiger partial charge in [0, 0.05) is 12.5 Å². The molecule has 0 radical (unpaired) electrons. The van der Waals surface area contributed by atoms with Crippen molar-refractivity contribution in [3.8, 4) is 0 Å². The minimum Gasteiger partial charge on any atom is -0.378 e. The third-order valence-corrected chi connectivity index (χ3v) is 2.11. The van der Waals surface area contributed by atoms with E-state index in [4.69, 9.17) is 6.11 Å². The van der Waals surface area contributed by atoms with Crippen LogP contribution in [-0.4, -0.2) is 12.7 Å². The van der Waals surface area contributed by atoms with Gasteiger partial charge >= 0.3 is 0 Å². The van der Waals surface area contributed by atoms with E-state index in [0.717, 1.165) is 18.4 Å². The molecule has 2 unspecified atom stereocenters. The van der Waals surface area contributed by atoms with Gasteiger partial charge in [-0.2, -0.15) is 0 Å². The van der Waals surface area contributed by atoms with Crippen molar-refractivity contribution in [1.29, 1.82) is 0 Å². The van der Waals surface area contributed by atoms with Crippen molar-refractivity contribution < 1.29 is 6.11 Å². The molecule has 1 rings (SSSR count). The molecule has 0 bridgehead atoms. The van der Waals surface area contributed by atoms with E-state index in [1.54, 1.807) is 0 Å². The van der Waals surface area contributed by atoms with Gasteiger partial charge in [0.05, 0.1) is 7.47 Å². The number of hydrogen-bond donors (Lipinski definition) is 0. The van der Waals surface area contributed by atoms with Crippen LogP contribution in [0.4, 0.5) is 0 Å². The molecular formula is C9H16O. The predicted molar refractivity (Wildman–Crippen MR) is 43.0 cm³/mol. The quantitative estimate of drug-likeness (QED) is 0.538. The van der Waals surface area contributed by atoms with E-state index < -0.39 is 0 Å². The van der Waals surface area contributed by atoms with E-state index in [0.29, 0.717) is 5.92 Å². The Kier molecular flexibility index (Phi) is 2.05. The minimum atomic E-state index is -0.318. The summed E-state index contributed by atoms with van der Waals surface area (Å²) in [6, 6.07) is 0. The largest absolute Gasteiger partial charge is 0.378 e. The van der Waals surface area contributed by atoms with Crippen LogP contribution >= 0.6 is 0 Å². The van der Waals surface area contributed by atoms with Gasteiger partial charge in [-0.1, -0.05) is 19.1 Å². The zero-order chi connectivity index (χ0) is 8.43. The summed E-state index contributed by atoms with van der Waals surface area (Å²) in [5.41, 5.74) is 1.16. The highest BCUT2D eigenvalue weighted by atomic mass is 16.5. The maximum Gasteiger partial charge on any atom is 0.0638 e. The molecule has 0 amide bonds. The van der Waals surface area contributed by atoms with Gasteiger partial charge in [0.25, 0.3) is 0 Å². The summed E-state index contributed by atoms with van der Waals surface area (Å²) in [6.45, 7) is 7.71. The number of rotatable bonds is 2. The topological polar surface area (TPSA) is 9.23 Å². The predicted octanol–water partition coefficient (Wildman–Crippen LogP) is 2.38. The van der Waals surface area contributed by atoms with Gasteiger partial charge in [-0.05, 0) is 19.8 Å². The fourth-order valence-corrected chi connectivity index (χ4v) is 1.43. The van der Waals surface area contributed by atoms with Crippen molar-refractivity contribution in [3.05, 3.63) is 12.2 Å². The zero-order valence-electron chi connectivity index (χ0n) is 7.76. The summed E-state index contributed by atoms with van der Waals surface area (Å²) in [7, 11) is 0. The molecule has 1 heteroatoms. The molecule has 58 valence electrons. The molecule has 0 spiro atoms. The van der Waals surface area contributed by atoms with Crippen molar-refractivity contribution in [2.24, 2.45) is 5.92 Å². The van der Waals surface area contributed by atoms with E-state index in [1.165, 1.54) is 0 Å². The Morgan fingerprint density at radius 1 is 1.90 bits per heavy atom. The molecule has 1 nitrogen and oxygen atoms in total. The van der Waals surface area contributed by atoms with Gasteiger partial charge in [-0.15, -0.1) is 0 Å². The van der Waals surface area contributed by atoms with Crippen molar-refractivity contribution in [1.82, 2.24) is 0 Å². The standard InChI is InChI=1S/C9H16O/c1-4-9-8(7(2)3)5-6-10-9/h8-9H,2,4-6H2,1,3H3/t8?,9-/m1/s1/i6T/t6?,8?,9-. The highest BCUT2D eigenvalue weighted by Gasteiger charge is 2.26. The monoisotopic (exact) mass is 142 g/mol. The second-order valence-electron chi connectivity index (χ2n) is 2.94.